The highest BCUT2D eigenvalue weighted by Gasteiger charge is 2.41. The molecule has 1 heterocycles. The van der Waals surface area contributed by atoms with Crippen molar-refractivity contribution in [2.24, 2.45) is 0 Å². The third-order valence-corrected chi connectivity index (χ3v) is 4.42. The van der Waals surface area contributed by atoms with Crippen LogP contribution in [0.25, 0.3) is 0 Å². The molecule has 26 heavy (non-hydrogen) atoms. The SMILES string of the molecule is COC(=O)C(Cc1ccc(O)cc1)NC(=O)C1CN1Cc1ccccc1. The predicted molar refractivity (Wildman–Crippen MR) is 96.4 cm³/mol. The van der Waals surface area contributed by atoms with E-state index in [9.17, 15) is 14.7 Å². The van der Waals surface area contributed by atoms with Gasteiger partial charge in [0.25, 0.3) is 0 Å². The van der Waals surface area contributed by atoms with Gasteiger partial charge in [-0.2, -0.15) is 0 Å². The number of amides is 1. The Morgan fingerprint density at radius 1 is 1.15 bits per heavy atom. The normalized spacial score (nSPS) is 19.4. The number of phenols is 1. The summed E-state index contributed by atoms with van der Waals surface area (Å²) in [6, 6.07) is 15.5. The van der Waals surface area contributed by atoms with Gasteiger partial charge in [-0.1, -0.05) is 42.5 Å². The average molecular weight is 354 g/mol. The summed E-state index contributed by atoms with van der Waals surface area (Å²) in [7, 11) is 1.30. The number of methoxy groups -OCH3 is 1. The quantitative estimate of drug-likeness (QED) is 0.582. The largest absolute Gasteiger partial charge is 0.508 e. The Balaban J connectivity index is 1.57. The van der Waals surface area contributed by atoms with Gasteiger partial charge in [-0.15, -0.1) is 0 Å². The Kier molecular flexibility index (Phi) is 5.53. The molecule has 3 unspecified atom stereocenters. The molecule has 0 aliphatic carbocycles. The van der Waals surface area contributed by atoms with Crippen LogP contribution in [0.5, 0.6) is 5.75 Å². The van der Waals surface area contributed by atoms with E-state index in [1.54, 1.807) is 24.3 Å². The number of nitrogens with one attached hydrogen (secondary N) is 1. The van der Waals surface area contributed by atoms with Gasteiger partial charge in [0, 0.05) is 19.5 Å². The summed E-state index contributed by atoms with van der Waals surface area (Å²) >= 11 is 0. The summed E-state index contributed by atoms with van der Waals surface area (Å²) in [6.07, 6.45) is 0.310. The number of aromatic hydroxyl groups is 1. The van der Waals surface area contributed by atoms with Crippen LogP contribution in [0, 0.1) is 0 Å². The molecule has 2 N–H and O–H groups in total. The molecule has 1 amide bonds. The standard InChI is InChI=1S/C20H22N2O4/c1-26-20(25)17(11-14-7-9-16(23)10-8-14)21-19(24)18-13-22(18)12-15-5-3-2-4-6-15/h2-10,17-18,23H,11-13H2,1H3,(H,21,24). The number of esters is 1. The lowest BCUT2D eigenvalue weighted by Gasteiger charge is -2.17. The Morgan fingerprint density at radius 2 is 1.85 bits per heavy atom. The van der Waals surface area contributed by atoms with Crippen LogP contribution < -0.4 is 5.32 Å². The van der Waals surface area contributed by atoms with E-state index in [2.05, 4.69) is 5.32 Å². The highest BCUT2D eigenvalue weighted by Crippen LogP contribution is 2.21. The molecular weight excluding hydrogens is 332 g/mol. The minimum Gasteiger partial charge on any atom is -0.508 e. The lowest BCUT2D eigenvalue weighted by Crippen LogP contribution is -2.45. The number of carbonyl (C=O) groups is 2. The first-order valence-electron chi connectivity index (χ1n) is 8.51. The second-order valence-corrected chi connectivity index (χ2v) is 6.39. The maximum absolute atomic E-state index is 12.5. The van der Waals surface area contributed by atoms with E-state index >= 15 is 0 Å². The number of hydrogen-bond acceptors (Lipinski definition) is 5. The highest BCUT2D eigenvalue weighted by atomic mass is 16.5. The van der Waals surface area contributed by atoms with Crippen LogP contribution in [-0.2, 0) is 27.3 Å². The Hall–Kier alpha value is -2.86. The van der Waals surface area contributed by atoms with Crippen LogP contribution in [-0.4, -0.2) is 47.6 Å². The minimum absolute atomic E-state index is 0.155. The van der Waals surface area contributed by atoms with Crippen molar-refractivity contribution < 1.29 is 19.4 Å². The maximum atomic E-state index is 12.5. The summed E-state index contributed by atoms with van der Waals surface area (Å²) in [6.45, 7) is 1.38. The summed E-state index contributed by atoms with van der Waals surface area (Å²) < 4.78 is 4.82. The Labute approximate surface area is 152 Å². The van der Waals surface area contributed by atoms with Gasteiger partial charge in [0.15, 0.2) is 0 Å². The van der Waals surface area contributed by atoms with Crippen LogP contribution in [0.3, 0.4) is 0 Å². The monoisotopic (exact) mass is 354 g/mol. The molecule has 2 aromatic carbocycles. The first kappa shape index (κ1) is 17.9. The molecule has 1 saturated heterocycles. The first-order valence-corrected chi connectivity index (χ1v) is 8.51. The van der Waals surface area contributed by atoms with E-state index in [1.165, 1.54) is 7.11 Å². The lowest BCUT2D eigenvalue weighted by molar-refractivity contribution is -0.145. The van der Waals surface area contributed by atoms with E-state index in [1.807, 2.05) is 35.2 Å². The van der Waals surface area contributed by atoms with Crippen molar-refractivity contribution in [2.75, 3.05) is 13.7 Å². The molecular formula is C20H22N2O4. The van der Waals surface area contributed by atoms with Gasteiger partial charge in [0.05, 0.1) is 7.11 Å². The van der Waals surface area contributed by atoms with Crippen molar-refractivity contribution in [1.82, 2.24) is 10.2 Å². The van der Waals surface area contributed by atoms with E-state index < -0.39 is 12.0 Å². The fourth-order valence-corrected chi connectivity index (χ4v) is 2.89. The highest BCUT2D eigenvalue weighted by molar-refractivity contribution is 5.89. The molecule has 0 radical (unpaired) electrons. The van der Waals surface area contributed by atoms with Crippen molar-refractivity contribution in [3.8, 4) is 5.75 Å². The van der Waals surface area contributed by atoms with Crippen molar-refractivity contribution in [1.29, 1.82) is 0 Å². The van der Waals surface area contributed by atoms with Crippen LogP contribution in [0.2, 0.25) is 0 Å². The van der Waals surface area contributed by atoms with Gasteiger partial charge >= 0.3 is 5.97 Å². The van der Waals surface area contributed by atoms with Gasteiger partial charge < -0.3 is 15.2 Å². The van der Waals surface area contributed by atoms with Crippen molar-refractivity contribution in [2.45, 2.75) is 25.0 Å². The fourth-order valence-electron chi connectivity index (χ4n) is 2.89. The lowest BCUT2D eigenvalue weighted by atomic mass is 10.1. The Morgan fingerprint density at radius 3 is 2.50 bits per heavy atom. The zero-order valence-electron chi connectivity index (χ0n) is 14.6. The molecule has 3 atom stereocenters. The number of phenolic OH excluding ortho intramolecular Hbond substituents is 1. The smallest absolute Gasteiger partial charge is 0.328 e. The van der Waals surface area contributed by atoms with Gasteiger partial charge in [-0.3, -0.25) is 9.69 Å². The van der Waals surface area contributed by atoms with Crippen molar-refractivity contribution in [3.63, 3.8) is 0 Å². The summed E-state index contributed by atoms with van der Waals surface area (Å²) in [5.41, 5.74) is 1.98. The summed E-state index contributed by atoms with van der Waals surface area (Å²) in [5.74, 6) is -0.501. The topological polar surface area (TPSA) is 78.6 Å². The van der Waals surface area contributed by atoms with Gasteiger partial charge in [-0.25, -0.2) is 4.79 Å². The number of carbonyl (C=O) groups excluding carboxylic acids is 2. The molecule has 0 spiro atoms. The van der Waals surface area contributed by atoms with E-state index in [0.717, 1.165) is 11.1 Å². The third kappa shape index (κ3) is 4.61. The summed E-state index contributed by atoms with van der Waals surface area (Å²) in [4.78, 5) is 26.6. The van der Waals surface area contributed by atoms with E-state index in [0.29, 0.717) is 19.5 Å². The van der Waals surface area contributed by atoms with Crippen LogP contribution >= 0.6 is 0 Å². The molecule has 0 bridgehead atoms. The number of benzene rings is 2. The Bertz CT molecular complexity index is 761. The molecule has 2 aromatic rings. The van der Waals surface area contributed by atoms with Crippen molar-refractivity contribution >= 4 is 11.9 Å². The molecule has 3 rings (SSSR count). The number of ether oxygens (including phenoxy) is 1. The van der Waals surface area contributed by atoms with Crippen molar-refractivity contribution in [3.05, 3.63) is 65.7 Å². The minimum atomic E-state index is -0.754. The summed E-state index contributed by atoms with van der Waals surface area (Å²) in [5, 5.41) is 12.1. The second kappa shape index (κ2) is 8.01. The predicted octanol–water partition coefficient (Wildman–Crippen LogP) is 1.48. The number of nitrogens with zero attached hydrogens (tertiary/aromatic N) is 1. The van der Waals surface area contributed by atoms with Crippen LogP contribution in [0.4, 0.5) is 0 Å². The third-order valence-electron chi connectivity index (χ3n) is 4.42. The molecule has 1 aliphatic rings. The van der Waals surface area contributed by atoms with Gasteiger partial charge in [0.1, 0.15) is 17.8 Å². The number of rotatable bonds is 7. The van der Waals surface area contributed by atoms with Crippen LogP contribution in [0.15, 0.2) is 54.6 Å². The molecule has 1 aliphatic heterocycles. The van der Waals surface area contributed by atoms with Crippen LogP contribution in [0.1, 0.15) is 11.1 Å². The molecule has 6 nitrogen and oxygen atoms in total. The zero-order chi connectivity index (χ0) is 18.5. The first-order chi connectivity index (χ1) is 12.6. The average Bonchev–Trinajstić information content (AvgIpc) is 3.42. The molecule has 136 valence electrons. The molecule has 0 aromatic heterocycles. The van der Waals surface area contributed by atoms with Gasteiger partial charge in [0.2, 0.25) is 5.91 Å². The molecule has 1 fully saturated rings. The maximum Gasteiger partial charge on any atom is 0.328 e. The van der Waals surface area contributed by atoms with E-state index in [4.69, 9.17) is 4.74 Å². The second-order valence-electron chi connectivity index (χ2n) is 6.39. The van der Waals surface area contributed by atoms with E-state index in [-0.39, 0.29) is 17.7 Å². The van der Waals surface area contributed by atoms with Gasteiger partial charge in [-0.05, 0) is 23.3 Å². The zero-order valence-corrected chi connectivity index (χ0v) is 14.6. The molecule has 6 heteroatoms. The fraction of sp³-hybridized carbons (Fsp3) is 0.300. The number of hydrogen-bond donors (Lipinski definition) is 2. The molecule has 0 saturated carbocycles.